The van der Waals surface area contributed by atoms with E-state index in [1.807, 2.05) is 18.3 Å². The van der Waals surface area contributed by atoms with Crippen molar-refractivity contribution in [3.63, 3.8) is 0 Å². The molecular weight excluding hydrogens is 595 g/mol. The fourth-order valence-corrected chi connectivity index (χ4v) is 7.37. The maximum absolute atomic E-state index is 4.93. The van der Waals surface area contributed by atoms with Crippen LogP contribution in [0.3, 0.4) is 0 Å². The molecule has 0 bridgehead atoms. The number of rotatable bonds is 6. The standard InChI is InChI=1S/C46H33N3/c1-2-44-48-42-22-7-8-23-43(42)49(44)36-16-12-14-34(30-36)33-13-11-15-35(29-33)46-39-19-5-3-17-37(39)45(38-18-4-6-20-40(38)46)32-26-24-31(25-27-32)41-21-9-10-28-47-41/h3-30H,2H2,1H3. The lowest BCUT2D eigenvalue weighted by Gasteiger charge is -2.18. The molecule has 0 saturated carbocycles. The molecule has 232 valence electrons. The number of pyridine rings is 1. The van der Waals surface area contributed by atoms with Gasteiger partial charge in [0.15, 0.2) is 0 Å². The van der Waals surface area contributed by atoms with Gasteiger partial charge in [0.25, 0.3) is 0 Å². The smallest absolute Gasteiger partial charge is 0.114 e. The number of para-hydroxylation sites is 2. The predicted molar refractivity (Wildman–Crippen MR) is 205 cm³/mol. The summed E-state index contributed by atoms with van der Waals surface area (Å²) in [5.41, 5.74) is 12.7. The first kappa shape index (κ1) is 28.9. The summed E-state index contributed by atoms with van der Waals surface area (Å²) in [6.07, 6.45) is 2.71. The van der Waals surface area contributed by atoms with E-state index in [4.69, 9.17) is 4.98 Å². The molecule has 3 heteroatoms. The second-order valence-electron chi connectivity index (χ2n) is 12.5. The molecule has 0 unspecified atom stereocenters. The first-order valence-electron chi connectivity index (χ1n) is 16.9. The van der Waals surface area contributed by atoms with Gasteiger partial charge < -0.3 is 0 Å². The normalized spacial score (nSPS) is 11.4. The highest BCUT2D eigenvalue weighted by Gasteiger charge is 2.17. The summed E-state index contributed by atoms with van der Waals surface area (Å²) in [4.78, 5) is 9.49. The lowest BCUT2D eigenvalue weighted by Crippen LogP contribution is -2.00. The topological polar surface area (TPSA) is 30.7 Å². The minimum atomic E-state index is 0.860. The van der Waals surface area contributed by atoms with Gasteiger partial charge in [-0.1, -0.05) is 128 Å². The van der Waals surface area contributed by atoms with E-state index in [0.29, 0.717) is 0 Å². The second-order valence-corrected chi connectivity index (χ2v) is 12.5. The van der Waals surface area contributed by atoms with Crippen LogP contribution in [0.5, 0.6) is 0 Å². The molecule has 49 heavy (non-hydrogen) atoms. The van der Waals surface area contributed by atoms with Crippen LogP contribution in [0.2, 0.25) is 0 Å². The zero-order valence-corrected chi connectivity index (χ0v) is 27.2. The van der Waals surface area contributed by atoms with Crippen LogP contribution in [0.4, 0.5) is 0 Å². The first-order valence-corrected chi connectivity index (χ1v) is 16.9. The lowest BCUT2D eigenvalue weighted by molar-refractivity contribution is 0.908. The SMILES string of the molecule is CCc1nc2ccccc2n1-c1cccc(-c2cccc(-c3c4ccccc4c(-c4ccc(-c5ccccn5)cc4)c4ccccc34)c2)c1. The molecule has 0 saturated heterocycles. The number of aryl methyl sites for hydroxylation is 1. The third-order valence-electron chi connectivity index (χ3n) is 9.60. The van der Waals surface area contributed by atoms with Crippen molar-refractivity contribution in [2.45, 2.75) is 13.3 Å². The number of imidazole rings is 1. The number of nitrogens with zero attached hydrogens (tertiary/aromatic N) is 3. The van der Waals surface area contributed by atoms with Crippen LogP contribution in [0.1, 0.15) is 12.7 Å². The van der Waals surface area contributed by atoms with E-state index in [-0.39, 0.29) is 0 Å². The van der Waals surface area contributed by atoms with Crippen LogP contribution >= 0.6 is 0 Å². The average Bonchev–Trinajstić information content (AvgIpc) is 3.56. The van der Waals surface area contributed by atoms with Gasteiger partial charge in [-0.2, -0.15) is 0 Å². The Balaban J connectivity index is 1.19. The van der Waals surface area contributed by atoms with Gasteiger partial charge in [-0.15, -0.1) is 0 Å². The Kier molecular flexibility index (Phi) is 7.09. The van der Waals surface area contributed by atoms with Crippen LogP contribution in [-0.2, 0) is 6.42 Å². The summed E-state index contributed by atoms with van der Waals surface area (Å²) in [7, 11) is 0. The lowest BCUT2D eigenvalue weighted by atomic mass is 9.85. The largest absolute Gasteiger partial charge is 0.296 e. The molecule has 0 N–H and O–H groups in total. The van der Waals surface area contributed by atoms with Gasteiger partial charge in [0.05, 0.1) is 16.7 Å². The summed E-state index contributed by atoms with van der Waals surface area (Å²) in [5.74, 6) is 1.07. The molecule has 0 aliphatic heterocycles. The highest BCUT2D eigenvalue weighted by Crippen LogP contribution is 2.44. The molecule has 0 fully saturated rings. The highest BCUT2D eigenvalue weighted by atomic mass is 15.1. The van der Waals surface area contributed by atoms with Crippen molar-refractivity contribution in [3.8, 4) is 50.3 Å². The zero-order chi connectivity index (χ0) is 32.7. The van der Waals surface area contributed by atoms with E-state index in [1.54, 1.807) is 0 Å². The second kappa shape index (κ2) is 12.0. The Hall–Kier alpha value is -6.32. The van der Waals surface area contributed by atoms with Crippen LogP contribution in [0.15, 0.2) is 170 Å². The molecule has 2 heterocycles. The van der Waals surface area contributed by atoms with Gasteiger partial charge in [0.2, 0.25) is 0 Å². The molecule has 0 amide bonds. The maximum Gasteiger partial charge on any atom is 0.114 e. The minimum absolute atomic E-state index is 0.860. The highest BCUT2D eigenvalue weighted by molar-refractivity contribution is 6.21. The van der Waals surface area contributed by atoms with Gasteiger partial charge in [0, 0.05) is 23.9 Å². The number of aromatic nitrogens is 3. The van der Waals surface area contributed by atoms with Gasteiger partial charge >= 0.3 is 0 Å². The van der Waals surface area contributed by atoms with Gasteiger partial charge in [-0.25, -0.2) is 4.98 Å². The first-order chi connectivity index (χ1) is 24.3. The molecule has 2 aromatic heterocycles. The fourth-order valence-electron chi connectivity index (χ4n) is 7.37. The van der Waals surface area contributed by atoms with Crippen molar-refractivity contribution in [1.29, 1.82) is 0 Å². The summed E-state index contributed by atoms with van der Waals surface area (Å²) < 4.78 is 2.30. The third-order valence-corrected chi connectivity index (χ3v) is 9.60. The van der Waals surface area contributed by atoms with Crippen LogP contribution in [-0.4, -0.2) is 14.5 Å². The van der Waals surface area contributed by atoms with Crippen molar-refractivity contribution in [2.75, 3.05) is 0 Å². The van der Waals surface area contributed by atoms with Gasteiger partial charge in [0.1, 0.15) is 5.82 Å². The van der Waals surface area contributed by atoms with E-state index in [0.717, 1.165) is 40.2 Å². The molecule has 9 rings (SSSR count). The molecule has 0 aliphatic rings. The molecular formula is C46H33N3. The Morgan fingerprint density at radius 3 is 1.71 bits per heavy atom. The molecule has 3 nitrogen and oxygen atoms in total. The van der Waals surface area contributed by atoms with E-state index >= 15 is 0 Å². The van der Waals surface area contributed by atoms with Gasteiger partial charge in [-0.05, 0) is 97.4 Å². The summed E-state index contributed by atoms with van der Waals surface area (Å²) in [6, 6.07) is 58.8. The monoisotopic (exact) mass is 627 g/mol. The van der Waals surface area contributed by atoms with E-state index < -0.39 is 0 Å². The van der Waals surface area contributed by atoms with Crippen molar-refractivity contribution in [3.05, 3.63) is 176 Å². The van der Waals surface area contributed by atoms with Gasteiger partial charge in [-0.3, -0.25) is 9.55 Å². The molecule has 0 atom stereocenters. The number of fused-ring (bicyclic) bond motifs is 3. The average molecular weight is 628 g/mol. The number of hydrogen-bond donors (Lipinski definition) is 0. The summed E-state index contributed by atoms with van der Waals surface area (Å²) in [6.45, 7) is 2.17. The Morgan fingerprint density at radius 1 is 0.469 bits per heavy atom. The van der Waals surface area contributed by atoms with Crippen LogP contribution in [0.25, 0.3) is 82.9 Å². The minimum Gasteiger partial charge on any atom is -0.296 e. The molecule has 7 aromatic carbocycles. The third kappa shape index (κ3) is 4.99. The Labute approximate surface area is 285 Å². The van der Waals surface area contributed by atoms with Crippen LogP contribution < -0.4 is 0 Å². The van der Waals surface area contributed by atoms with E-state index in [9.17, 15) is 0 Å². The fraction of sp³-hybridized carbons (Fsp3) is 0.0435. The predicted octanol–water partition coefficient (Wildman–Crippen LogP) is 12.0. The van der Waals surface area contributed by atoms with Crippen molar-refractivity contribution in [1.82, 2.24) is 14.5 Å². The van der Waals surface area contributed by atoms with Crippen molar-refractivity contribution < 1.29 is 0 Å². The zero-order valence-electron chi connectivity index (χ0n) is 27.2. The molecule has 0 spiro atoms. The Morgan fingerprint density at radius 2 is 1.04 bits per heavy atom. The number of benzene rings is 7. The summed E-state index contributed by atoms with van der Waals surface area (Å²) >= 11 is 0. The molecule has 0 aliphatic carbocycles. The van der Waals surface area contributed by atoms with Crippen molar-refractivity contribution in [2.24, 2.45) is 0 Å². The summed E-state index contributed by atoms with van der Waals surface area (Å²) in [5, 5.41) is 4.98. The maximum atomic E-state index is 4.93. The Bertz CT molecular complexity index is 2580. The van der Waals surface area contributed by atoms with E-state index in [1.165, 1.54) is 54.9 Å². The quantitative estimate of drug-likeness (QED) is 0.172. The van der Waals surface area contributed by atoms with E-state index in [2.05, 4.69) is 168 Å². The van der Waals surface area contributed by atoms with Crippen molar-refractivity contribution >= 4 is 32.6 Å². The van der Waals surface area contributed by atoms with Crippen LogP contribution in [0, 0.1) is 0 Å². The number of hydrogen-bond acceptors (Lipinski definition) is 2. The molecule has 9 aromatic rings. The molecule has 0 radical (unpaired) electrons.